The van der Waals surface area contributed by atoms with Crippen molar-refractivity contribution in [2.75, 3.05) is 5.32 Å². The summed E-state index contributed by atoms with van der Waals surface area (Å²) in [5.41, 5.74) is 0.0538. The summed E-state index contributed by atoms with van der Waals surface area (Å²) in [4.78, 5) is 25.1. The summed E-state index contributed by atoms with van der Waals surface area (Å²) < 4.78 is 0.879. The average Bonchev–Trinajstić information content (AvgIpc) is 2.83. The van der Waals surface area contributed by atoms with Gasteiger partial charge in [0, 0.05) is 22.1 Å². The number of halogens is 1. The van der Waals surface area contributed by atoms with E-state index in [9.17, 15) is 14.9 Å². The first kappa shape index (κ1) is 14.5. The third kappa shape index (κ3) is 2.22. The van der Waals surface area contributed by atoms with Crippen molar-refractivity contribution >= 4 is 33.3 Å². The molecule has 1 aliphatic carbocycles. The van der Waals surface area contributed by atoms with Crippen LogP contribution in [0, 0.1) is 16.7 Å². The average molecular weight is 355 g/mol. The van der Waals surface area contributed by atoms with Crippen LogP contribution in [0.3, 0.4) is 0 Å². The maximum Gasteiger partial charge on any atom is 0.253 e. The van der Waals surface area contributed by atoms with Gasteiger partial charge in [0.2, 0.25) is 5.41 Å². The van der Waals surface area contributed by atoms with E-state index in [-0.39, 0.29) is 6.42 Å². The summed E-state index contributed by atoms with van der Waals surface area (Å²) in [6.45, 7) is 0. The van der Waals surface area contributed by atoms with Gasteiger partial charge in [0.1, 0.15) is 0 Å². The highest BCUT2D eigenvalue weighted by molar-refractivity contribution is 9.10. The standard InChI is InChI=1S/C17H11BrN2O2/c18-12-5-7-13(8-6-12)20-16(22)17(10-19)9-11-3-1-2-4-14(11)15(17)21/h1-8H,9H2,(H,20,22)/t17-/m1/s1. The number of ketones is 1. The Morgan fingerprint density at radius 3 is 2.50 bits per heavy atom. The van der Waals surface area contributed by atoms with Crippen molar-refractivity contribution in [2.24, 2.45) is 5.41 Å². The van der Waals surface area contributed by atoms with Crippen molar-refractivity contribution in [3.8, 4) is 6.07 Å². The van der Waals surface area contributed by atoms with E-state index in [2.05, 4.69) is 21.2 Å². The number of hydrogen-bond acceptors (Lipinski definition) is 3. The maximum absolute atomic E-state index is 12.6. The number of Topliss-reactive ketones (excluding diaryl/α,β-unsaturated/α-hetero) is 1. The number of rotatable bonds is 2. The molecule has 0 aromatic heterocycles. The minimum Gasteiger partial charge on any atom is -0.324 e. The van der Waals surface area contributed by atoms with E-state index in [4.69, 9.17) is 0 Å². The molecule has 0 spiro atoms. The van der Waals surface area contributed by atoms with Crippen molar-refractivity contribution in [3.63, 3.8) is 0 Å². The lowest BCUT2D eigenvalue weighted by Gasteiger charge is -2.18. The number of fused-ring (bicyclic) bond motifs is 1. The smallest absolute Gasteiger partial charge is 0.253 e. The fraction of sp³-hybridized carbons (Fsp3) is 0.118. The fourth-order valence-corrected chi connectivity index (χ4v) is 2.85. The highest BCUT2D eigenvalue weighted by atomic mass is 79.9. The highest BCUT2D eigenvalue weighted by Crippen LogP contribution is 2.37. The first-order valence-electron chi connectivity index (χ1n) is 6.68. The van der Waals surface area contributed by atoms with Crippen molar-refractivity contribution in [1.82, 2.24) is 0 Å². The third-order valence-electron chi connectivity index (χ3n) is 3.79. The summed E-state index contributed by atoms with van der Waals surface area (Å²) >= 11 is 3.31. The molecular formula is C17H11BrN2O2. The Hall–Kier alpha value is -2.45. The van der Waals surface area contributed by atoms with Gasteiger partial charge in [-0.25, -0.2) is 0 Å². The van der Waals surface area contributed by atoms with Crippen LogP contribution in [0.4, 0.5) is 5.69 Å². The van der Waals surface area contributed by atoms with Gasteiger partial charge in [-0.2, -0.15) is 5.26 Å². The van der Waals surface area contributed by atoms with Crippen molar-refractivity contribution in [1.29, 1.82) is 5.26 Å². The SMILES string of the molecule is N#C[C@]1(C(=O)Nc2ccc(Br)cc2)Cc2ccccc2C1=O. The molecule has 0 saturated carbocycles. The number of carbonyl (C=O) groups is 2. The second-order valence-corrected chi connectivity index (χ2v) is 6.06. The van der Waals surface area contributed by atoms with Crippen LogP contribution in [0.15, 0.2) is 53.0 Å². The molecule has 0 aliphatic heterocycles. The minimum absolute atomic E-state index is 0.112. The lowest BCUT2D eigenvalue weighted by atomic mass is 9.84. The first-order valence-corrected chi connectivity index (χ1v) is 7.47. The van der Waals surface area contributed by atoms with Crippen molar-refractivity contribution in [2.45, 2.75) is 6.42 Å². The Balaban J connectivity index is 1.92. The predicted octanol–water partition coefficient (Wildman–Crippen LogP) is 3.34. The van der Waals surface area contributed by atoms with Crippen molar-refractivity contribution in [3.05, 3.63) is 64.1 Å². The molecule has 3 rings (SSSR count). The molecule has 0 fully saturated rings. The number of carbonyl (C=O) groups excluding carboxylic acids is 2. The monoisotopic (exact) mass is 354 g/mol. The Labute approximate surface area is 135 Å². The summed E-state index contributed by atoms with van der Waals surface area (Å²) in [5, 5.41) is 12.2. The molecule has 22 heavy (non-hydrogen) atoms. The van der Waals surface area contributed by atoms with Crippen LogP contribution in [0.1, 0.15) is 15.9 Å². The molecule has 0 heterocycles. The Kier molecular flexibility index (Phi) is 3.55. The molecular weight excluding hydrogens is 344 g/mol. The van der Waals surface area contributed by atoms with E-state index >= 15 is 0 Å². The van der Waals surface area contributed by atoms with Gasteiger partial charge >= 0.3 is 0 Å². The molecule has 108 valence electrons. The summed E-state index contributed by atoms with van der Waals surface area (Å²) in [6.07, 6.45) is 0.112. The van der Waals surface area contributed by atoms with Crippen molar-refractivity contribution < 1.29 is 9.59 Å². The third-order valence-corrected chi connectivity index (χ3v) is 4.31. The number of anilines is 1. The molecule has 1 amide bonds. The van der Waals surface area contributed by atoms with Gasteiger partial charge < -0.3 is 5.32 Å². The van der Waals surface area contributed by atoms with Crippen LogP contribution < -0.4 is 5.32 Å². The number of nitrogens with zero attached hydrogens (tertiary/aromatic N) is 1. The van der Waals surface area contributed by atoms with Crippen LogP contribution in [0.2, 0.25) is 0 Å². The fourth-order valence-electron chi connectivity index (χ4n) is 2.59. The van der Waals surface area contributed by atoms with E-state index in [0.29, 0.717) is 11.3 Å². The molecule has 2 aromatic carbocycles. The Bertz CT molecular complexity index is 808. The van der Waals surface area contributed by atoms with E-state index < -0.39 is 17.1 Å². The van der Waals surface area contributed by atoms with Gasteiger partial charge in [-0.3, -0.25) is 9.59 Å². The molecule has 0 saturated heterocycles. The van der Waals surface area contributed by atoms with Gasteiger partial charge in [-0.1, -0.05) is 40.2 Å². The van der Waals surface area contributed by atoms with E-state index in [0.717, 1.165) is 10.0 Å². The number of benzene rings is 2. The Morgan fingerprint density at radius 1 is 1.18 bits per heavy atom. The predicted molar refractivity (Wildman–Crippen MR) is 85.3 cm³/mol. The number of nitrogens with one attached hydrogen (secondary N) is 1. The second kappa shape index (κ2) is 5.39. The zero-order valence-corrected chi connectivity index (χ0v) is 13.1. The van der Waals surface area contributed by atoms with Crippen LogP contribution in [-0.4, -0.2) is 11.7 Å². The van der Waals surface area contributed by atoms with Gasteiger partial charge in [-0.15, -0.1) is 0 Å². The van der Waals surface area contributed by atoms with Gasteiger partial charge in [0.15, 0.2) is 5.78 Å². The molecule has 1 N–H and O–H groups in total. The lowest BCUT2D eigenvalue weighted by Crippen LogP contribution is -2.40. The van der Waals surface area contributed by atoms with E-state index in [1.165, 1.54) is 0 Å². The molecule has 0 bridgehead atoms. The van der Waals surface area contributed by atoms with Gasteiger partial charge in [0.05, 0.1) is 6.07 Å². The second-order valence-electron chi connectivity index (χ2n) is 5.14. The van der Waals surface area contributed by atoms with E-state index in [1.807, 2.05) is 6.07 Å². The zero-order valence-electron chi connectivity index (χ0n) is 11.5. The molecule has 0 unspecified atom stereocenters. The molecule has 1 aliphatic rings. The zero-order chi connectivity index (χ0) is 15.7. The normalized spacial score (nSPS) is 19.4. The molecule has 0 radical (unpaired) electrons. The van der Waals surface area contributed by atoms with Crippen LogP contribution in [0.25, 0.3) is 0 Å². The summed E-state index contributed by atoms with van der Waals surface area (Å²) in [5.74, 6) is -1.02. The lowest BCUT2D eigenvalue weighted by molar-refractivity contribution is -0.120. The largest absolute Gasteiger partial charge is 0.324 e. The van der Waals surface area contributed by atoms with E-state index in [1.54, 1.807) is 48.5 Å². The van der Waals surface area contributed by atoms with Crippen LogP contribution in [-0.2, 0) is 11.2 Å². The highest BCUT2D eigenvalue weighted by Gasteiger charge is 2.52. The summed E-state index contributed by atoms with van der Waals surface area (Å²) in [6, 6.07) is 15.9. The maximum atomic E-state index is 12.6. The van der Waals surface area contributed by atoms with Crippen LogP contribution in [0.5, 0.6) is 0 Å². The molecule has 2 aromatic rings. The topological polar surface area (TPSA) is 70.0 Å². The molecule has 4 nitrogen and oxygen atoms in total. The first-order chi connectivity index (χ1) is 10.6. The minimum atomic E-state index is -1.68. The number of nitriles is 1. The summed E-state index contributed by atoms with van der Waals surface area (Å²) in [7, 11) is 0. The van der Waals surface area contributed by atoms with Gasteiger partial charge in [-0.05, 0) is 29.8 Å². The van der Waals surface area contributed by atoms with Gasteiger partial charge in [0.25, 0.3) is 5.91 Å². The Morgan fingerprint density at radius 2 is 1.86 bits per heavy atom. The molecule has 5 heteroatoms. The number of amides is 1. The number of hydrogen-bond donors (Lipinski definition) is 1. The molecule has 1 atom stereocenters. The quantitative estimate of drug-likeness (QED) is 0.840. The van der Waals surface area contributed by atoms with Crippen LogP contribution >= 0.6 is 15.9 Å².